The molecule has 0 unspecified atom stereocenters. The molecule has 3 nitrogen and oxygen atoms in total. The number of hydrogen-bond donors (Lipinski definition) is 1. The molecule has 0 saturated carbocycles. The Labute approximate surface area is 108 Å². The summed E-state index contributed by atoms with van der Waals surface area (Å²) in [5, 5.41) is 0. The van der Waals surface area contributed by atoms with Crippen molar-refractivity contribution in [2.45, 2.75) is 0 Å². The number of anilines is 1. The normalized spacial score (nSPS) is 10.3. The van der Waals surface area contributed by atoms with Crippen molar-refractivity contribution in [3.05, 3.63) is 59.2 Å². The Morgan fingerprint density at radius 2 is 1.89 bits per heavy atom. The highest BCUT2D eigenvalue weighted by Gasteiger charge is 2.16. The van der Waals surface area contributed by atoms with Gasteiger partial charge in [-0.05, 0) is 30.3 Å². The number of ether oxygens (including phenoxy) is 1. The maximum absolute atomic E-state index is 13.5. The van der Waals surface area contributed by atoms with Crippen LogP contribution in [0.4, 0.5) is 14.5 Å². The van der Waals surface area contributed by atoms with Crippen LogP contribution in [0.1, 0.15) is 15.9 Å². The number of methoxy groups -OCH3 is 1. The fourth-order valence-corrected chi connectivity index (χ4v) is 1.68. The molecule has 5 heteroatoms. The lowest BCUT2D eigenvalue weighted by Gasteiger charge is -2.07. The molecule has 0 radical (unpaired) electrons. The molecule has 19 heavy (non-hydrogen) atoms. The van der Waals surface area contributed by atoms with E-state index in [0.717, 1.165) is 12.1 Å². The first-order valence-corrected chi connectivity index (χ1v) is 5.46. The summed E-state index contributed by atoms with van der Waals surface area (Å²) >= 11 is 0. The average Bonchev–Trinajstić information content (AvgIpc) is 2.38. The number of ketones is 1. The van der Waals surface area contributed by atoms with E-state index >= 15 is 0 Å². The van der Waals surface area contributed by atoms with Crippen LogP contribution in [0.25, 0.3) is 0 Å². The van der Waals surface area contributed by atoms with Crippen LogP contribution in [0.2, 0.25) is 0 Å². The molecule has 0 saturated heterocycles. The fourth-order valence-electron chi connectivity index (χ4n) is 1.68. The second-order valence-corrected chi connectivity index (χ2v) is 3.91. The predicted molar refractivity (Wildman–Crippen MR) is 67.2 cm³/mol. The van der Waals surface area contributed by atoms with E-state index in [0.29, 0.717) is 17.5 Å². The van der Waals surface area contributed by atoms with Gasteiger partial charge in [-0.3, -0.25) is 4.79 Å². The van der Waals surface area contributed by atoms with Crippen LogP contribution in [0.15, 0.2) is 36.4 Å². The number of carbonyl (C=O) groups is 1. The van der Waals surface area contributed by atoms with E-state index in [9.17, 15) is 13.6 Å². The molecule has 0 aliphatic rings. The highest BCUT2D eigenvalue weighted by Crippen LogP contribution is 2.24. The van der Waals surface area contributed by atoms with Gasteiger partial charge in [0.05, 0.1) is 18.4 Å². The van der Waals surface area contributed by atoms with Crippen molar-refractivity contribution in [2.75, 3.05) is 12.8 Å². The lowest BCUT2D eigenvalue weighted by atomic mass is 10.0. The Hall–Kier alpha value is -2.43. The molecule has 0 aliphatic carbocycles. The van der Waals surface area contributed by atoms with Gasteiger partial charge in [-0.25, -0.2) is 8.78 Å². The molecule has 98 valence electrons. The average molecular weight is 263 g/mol. The largest absolute Gasteiger partial charge is 0.495 e. The maximum Gasteiger partial charge on any atom is 0.196 e. The number of carbonyl (C=O) groups excluding carboxylic acids is 1. The summed E-state index contributed by atoms with van der Waals surface area (Å²) < 4.78 is 31.3. The zero-order valence-corrected chi connectivity index (χ0v) is 10.1. The zero-order chi connectivity index (χ0) is 14.0. The summed E-state index contributed by atoms with van der Waals surface area (Å²) in [5.41, 5.74) is 6.02. The minimum atomic E-state index is -0.902. The molecule has 0 amide bonds. The van der Waals surface area contributed by atoms with E-state index in [-0.39, 0.29) is 11.1 Å². The molecule has 2 rings (SSSR count). The molecular weight excluding hydrogens is 252 g/mol. The van der Waals surface area contributed by atoms with Gasteiger partial charge in [-0.2, -0.15) is 0 Å². The third-order valence-electron chi connectivity index (χ3n) is 2.67. The fraction of sp³-hybridized carbons (Fsp3) is 0.0714. The van der Waals surface area contributed by atoms with Gasteiger partial charge in [0.1, 0.15) is 17.4 Å². The van der Waals surface area contributed by atoms with Crippen molar-refractivity contribution in [3.63, 3.8) is 0 Å². The van der Waals surface area contributed by atoms with Crippen molar-refractivity contribution in [3.8, 4) is 5.75 Å². The summed E-state index contributed by atoms with van der Waals surface area (Å²) in [7, 11) is 1.42. The van der Waals surface area contributed by atoms with Gasteiger partial charge in [0.25, 0.3) is 0 Å². The van der Waals surface area contributed by atoms with Crippen molar-refractivity contribution in [1.82, 2.24) is 0 Å². The Balaban J connectivity index is 2.44. The molecule has 0 aromatic heterocycles. The number of nitrogen functional groups attached to an aromatic ring is 1. The summed E-state index contributed by atoms with van der Waals surface area (Å²) in [5.74, 6) is -1.87. The van der Waals surface area contributed by atoms with Gasteiger partial charge in [-0.15, -0.1) is 0 Å². The van der Waals surface area contributed by atoms with Crippen LogP contribution in [0, 0.1) is 11.6 Å². The first-order valence-electron chi connectivity index (χ1n) is 5.46. The van der Waals surface area contributed by atoms with Crippen molar-refractivity contribution in [1.29, 1.82) is 0 Å². The molecule has 2 N–H and O–H groups in total. The van der Waals surface area contributed by atoms with Crippen LogP contribution in [-0.4, -0.2) is 12.9 Å². The highest BCUT2D eigenvalue weighted by atomic mass is 19.1. The SMILES string of the molecule is COc1cc(C(=O)c2ccc(F)cc2F)ccc1N. The number of rotatable bonds is 3. The van der Waals surface area contributed by atoms with Gasteiger partial charge in [0.2, 0.25) is 0 Å². The van der Waals surface area contributed by atoms with E-state index in [1.54, 1.807) is 0 Å². The Morgan fingerprint density at radius 3 is 2.53 bits per heavy atom. The molecule has 0 atom stereocenters. The number of nitrogens with two attached hydrogens (primary N) is 1. The van der Waals surface area contributed by atoms with Crippen LogP contribution < -0.4 is 10.5 Å². The lowest BCUT2D eigenvalue weighted by Crippen LogP contribution is -2.05. The molecule has 2 aromatic carbocycles. The Morgan fingerprint density at radius 1 is 1.16 bits per heavy atom. The zero-order valence-electron chi connectivity index (χ0n) is 10.1. The van der Waals surface area contributed by atoms with E-state index < -0.39 is 17.4 Å². The van der Waals surface area contributed by atoms with Crippen LogP contribution in [0.3, 0.4) is 0 Å². The van der Waals surface area contributed by atoms with Crippen LogP contribution >= 0.6 is 0 Å². The Bertz CT molecular complexity index is 641. The van der Waals surface area contributed by atoms with E-state index in [1.807, 2.05) is 0 Å². The molecule has 0 bridgehead atoms. The topological polar surface area (TPSA) is 52.3 Å². The summed E-state index contributed by atoms with van der Waals surface area (Å²) in [6, 6.07) is 7.18. The minimum Gasteiger partial charge on any atom is -0.495 e. The molecule has 0 fully saturated rings. The predicted octanol–water partition coefficient (Wildman–Crippen LogP) is 2.79. The first-order chi connectivity index (χ1) is 9.02. The maximum atomic E-state index is 13.5. The molecule has 0 aliphatic heterocycles. The number of hydrogen-bond acceptors (Lipinski definition) is 3. The summed E-state index contributed by atoms with van der Waals surface area (Å²) in [6.07, 6.45) is 0. The third-order valence-corrected chi connectivity index (χ3v) is 2.67. The van der Waals surface area contributed by atoms with Gasteiger partial charge >= 0.3 is 0 Å². The van der Waals surface area contributed by atoms with Gasteiger partial charge < -0.3 is 10.5 Å². The van der Waals surface area contributed by atoms with Gasteiger partial charge in [0, 0.05) is 11.6 Å². The lowest BCUT2D eigenvalue weighted by molar-refractivity contribution is 0.103. The van der Waals surface area contributed by atoms with Gasteiger partial charge in [-0.1, -0.05) is 0 Å². The highest BCUT2D eigenvalue weighted by molar-refractivity contribution is 6.09. The summed E-state index contributed by atoms with van der Waals surface area (Å²) in [4.78, 5) is 12.1. The van der Waals surface area contributed by atoms with Crippen LogP contribution in [-0.2, 0) is 0 Å². The second-order valence-electron chi connectivity index (χ2n) is 3.91. The van der Waals surface area contributed by atoms with Crippen LogP contribution in [0.5, 0.6) is 5.75 Å². The van der Waals surface area contributed by atoms with E-state index in [4.69, 9.17) is 10.5 Å². The number of halogens is 2. The first kappa shape index (κ1) is 13.0. The summed E-state index contributed by atoms with van der Waals surface area (Å²) in [6.45, 7) is 0. The van der Waals surface area contributed by atoms with Crippen molar-refractivity contribution >= 4 is 11.5 Å². The molecule has 2 aromatic rings. The van der Waals surface area contributed by atoms with Crippen molar-refractivity contribution in [2.24, 2.45) is 0 Å². The Kier molecular flexibility index (Phi) is 3.46. The second kappa shape index (κ2) is 5.06. The van der Waals surface area contributed by atoms with E-state index in [1.165, 1.54) is 25.3 Å². The van der Waals surface area contributed by atoms with E-state index in [2.05, 4.69) is 0 Å². The molecular formula is C14H11F2NO2. The minimum absolute atomic E-state index is 0.201. The number of benzene rings is 2. The van der Waals surface area contributed by atoms with Crippen molar-refractivity contribution < 1.29 is 18.3 Å². The quantitative estimate of drug-likeness (QED) is 0.684. The smallest absolute Gasteiger partial charge is 0.196 e. The molecule has 0 spiro atoms. The third kappa shape index (κ3) is 2.54. The van der Waals surface area contributed by atoms with Gasteiger partial charge in [0.15, 0.2) is 5.78 Å². The molecule has 0 heterocycles. The standard InChI is InChI=1S/C14H11F2NO2/c1-19-13-6-8(2-5-12(13)17)14(18)10-4-3-9(15)7-11(10)16/h2-7H,17H2,1H3. The monoisotopic (exact) mass is 263 g/mol.